The summed E-state index contributed by atoms with van der Waals surface area (Å²) in [5, 5.41) is 7.69. The lowest BCUT2D eigenvalue weighted by Crippen LogP contribution is -2.34. The average Bonchev–Trinajstić information content (AvgIpc) is 3.36. The lowest BCUT2D eigenvalue weighted by molar-refractivity contribution is -0.122. The highest BCUT2D eigenvalue weighted by Crippen LogP contribution is 2.26. The largest absolute Gasteiger partial charge is 0.325 e. The summed E-state index contributed by atoms with van der Waals surface area (Å²) in [5.74, 6) is 0.234. The van der Waals surface area contributed by atoms with Crippen molar-refractivity contribution >= 4 is 62.6 Å². The number of carbonyl (C=O) groups excluding carboxylic acids is 2. The van der Waals surface area contributed by atoms with Crippen molar-refractivity contribution in [2.24, 2.45) is 10.9 Å². The van der Waals surface area contributed by atoms with Crippen LogP contribution in [0.15, 0.2) is 70.7 Å². The molecule has 4 rings (SSSR count). The number of anilines is 1. The van der Waals surface area contributed by atoms with E-state index in [1.807, 2.05) is 66.1 Å². The molecule has 1 aromatic heterocycles. The molecule has 0 fully saturated rings. The van der Waals surface area contributed by atoms with Crippen molar-refractivity contribution in [2.45, 2.75) is 13.8 Å². The molecule has 2 aromatic carbocycles. The van der Waals surface area contributed by atoms with E-state index in [0.29, 0.717) is 23.3 Å². The number of rotatable bonds is 6. The summed E-state index contributed by atoms with van der Waals surface area (Å²) in [5.41, 5.74) is 1.17. The van der Waals surface area contributed by atoms with Gasteiger partial charge in [0.15, 0.2) is 5.17 Å². The molecule has 1 aliphatic heterocycles. The zero-order valence-electron chi connectivity index (χ0n) is 17.4. The number of fused-ring (bicyclic) bond motifs is 1. The van der Waals surface area contributed by atoms with Crippen LogP contribution in [0.2, 0.25) is 0 Å². The van der Waals surface area contributed by atoms with Gasteiger partial charge in [-0.15, -0.1) is 11.3 Å². The third-order valence-corrected chi connectivity index (χ3v) is 6.44. The minimum absolute atomic E-state index is 0.112. The number of aliphatic imine (C=N–C) groups is 1. The Morgan fingerprint density at radius 2 is 1.97 bits per heavy atom. The minimum Gasteiger partial charge on any atom is -0.325 e. The van der Waals surface area contributed by atoms with Crippen LogP contribution in [-0.4, -0.2) is 34.2 Å². The Morgan fingerprint density at radius 1 is 1.16 bits per heavy atom. The fraction of sp³-hybridized carbons (Fsp3) is 0.208. The number of benzene rings is 2. The van der Waals surface area contributed by atoms with Gasteiger partial charge in [-0.05, 0) is 46.3 Å². The highest BCUT2D eigenvalue weighted by Gasteiger charge is 2.31. The molecule has 1 N–H and O–H groups in total. The van der Waals surface area contributed by atoms with Crippen LogP contribution in [0.5, 0.6) is 0 Å². The Morgan fingerprint density at radius 3 is 2.71 bits per heavy atom. The van der Waals surface area contributed by atoms with E-state index in [-0.39, 0.29) is 17.6 Å². The third-order valence-electron chi connectivity index (χ3n) is 4.65. The quantitative estimate of drug-likeness (QED) is 0.508. The van der Waals surface area contributed by atoms with Crippen LogP contribution >= 0.6 is 23.1 Å². The van der Waals surface area contributed by atoms with E-state index in [9.17, 15) is 9.59 Å². The summed E-state index contributed by atoms with van der Waals surface area (Å²) in [6.45, 7) is 4.69. The van der Waals surface area contributed by atoms with Crippen molar-refractivity contribution < 1.29 is 9.59 Å². The third kappa shape index (κ3) is 5.24. The second-order valence-corrected chi connectivity index (χ2v) is 9.57. The number of carbonyl (C=O) groups is 2. The smallest absolute Gasteiger partial charge is 0.278 e. The van der Waals surface area contributed by atoms with E-state index < -0.39 is 0 Å². The Kier molecular flexibility index (Phi) is 6.53. The van der Waals surface area contributed by atoms with Crippen molar-refractivity contribution in [3.63, 3.8) is 0 Å². The fourth-order valence-electron chi connectivity index (χ4n) is 3.27. The van der Waals surface area contributed by atoms with Crippen molar-refractivity contribution in [1.82, 2.24) is 4.90 Å². The minimum atomic E-state index is -0.129. The van der Waals surface area contributed by atoms with Gasteiger partial charge in [-0.25, -0.2) is 4.99 Å². The Labute approximate surface area is 189 Å². The van der Waals surface area contributed by atoms with Gasteiger partial charge in [-0.2, -0.15) is 0 Å². The molecule has 0 aliphatic carbocycles. The van der Waals surface area contributed by atoms with E-state index in [2.05, 4.69) is 24.2 Å². The predicted octanol–water partition coefficient (Wildman–Crippen LogP) is 5.47. The van der Waals surface area contributed by atoms with E-state index in [4.69, 9.17) is 0 Å². The molecule has 158 valence electrons. The van der Waals surface area contributed by atoms with Gasteiger partial charge in [0.25, 0.3) is 5.91 Å². The molecule has 0 saturated heterocycles. The summed E-state index contributed by atoms with van der Waals surface area (Å²) in [7, 11) is 0. The van der Waals surface area contributed by atoms with Gasteiger partial charge < -0.3 is 5.32 Å². The maximum Gasteiger partial charge on any atom is 0.278 e. The number of hydrogen-bond acceptors (Lipinski definition) is 5. The molecule has 3 aromatic rings. The number of thioether (sulfide) groups is 1. The van der Waals surface area contributed by atoms with Crippen molar-refractivity contribution in [3.05, 3.63) is 70.6 Å². The number of hydrogen-bond donors (Lipinski definition) is 1. The molecule has 31 heavy (non-hydrogen) atoms. The first-order chi connectivity index (χ1) is 15.0. The number of nitrogens with zero attached hydrogens (tertiary/aromatic N) is 2. The van der Waals surface area contributed by atoms with Crippen molar-refractivity contribution in [1.29, 1.82) is 0 Å². The van der Waals surface area contributed by atoms with Gasteiger partial charge in [0.1, 0.15) is 5.70 Å². The zero-order chi connectivity index (χ0) is 21.8. The molecule has 1 aliphatic rings. The SMILES string of the molecule is CC(C)CN1C(=O)C(=Cc2cccs2)N=C1SCC(=O)Nc1ccc2ccccc2c1. The van der Waals surface area contributed by atoms with Crippen molar-refractivity contribution in [2.75, 3.05) is 17.6 Å². The number of nitrogens with one attached hydrogen (secondary N) is 1. The highest BCUT2D eigenvalue weighted by molar-refractivity contribution is 8.14. The van der Waals surface area contributed by atoms with E-state index in [1.165, 1.54) is 11.8 Å². The maximum absolute atomic E-state index is 12.9. The monoisotopic (exact) mass is 449 g/mol. The van der Waals surface area contributed by atoms with Gasteiger partial charge in [0, 0.05) is 17.1 Å². The fourth-order valence-corrected chi connectivity index (χ4v) is 4.73. The van der Waals surface area contributed by atoms with Gasteiger partial charge in [0.05, 0.1) is 5.75 Å². The molecule has 2 heterocycles. The summed E-state index contributed by atoms with van der Waals surface area (Å²) < 4.78 is 0. The molecule has 0 atom stereocenters. The van der Waals surface area contributed by atoms with Gasteiger partial charge in [-0.1, -0.05) is 62.0 Å². The molecular weight excluding hydrogens is 426 g/mol. The summed E-state index contributed by atoms with van der Waals surface area (Å²) in [4.78, 5) is 32.6. The summed E-state index contributed by atoms with van der Waals surface area (Å²) >= 11 is 2.85. The Balaban J connectivity index is 1.45. The molecule has 0 radical (unpaired) electrons. The standard InChI is InChI=1S/C24H23N3O2S2/c1-16(2)14-27-23(29)21(13-20-8-5-11-30-20)26-24(27)31-15-22(28)25-19-10-9-17-6-3-4-7-18(17)12-19/h3-13,16H,14-15H2,1-2H3,(H,25,28). The first kappa shape index (κ1) is 21.3. The highest BCUT2D eigenvalue weighted by atomic mass is 32.2. The number of thiophene rings is 1. The molecule has 7 heteroatoms. The van der Waals surface area contributed by atoms with Crippen LogP contribution in [0.25, 0.3) is 16.8 Å². The second kappa shape index (κ2) is 9.49. The molecule has 0 saturated carbocycles. The lowest BCUT2D eigenvalue weighted by Gasteiger charge is -2.19. The Hall–Kier alpha value is -2.90. The lowest BCUT2D eigenvalue weighted by atomic mass is 10.1. The van der Waals surface area contributed by atoms with Gasteiger partial charge in [-0.3, -0.25) is 14.5 Å². The van der Waals surface area contributed by atoms with E-state index >= 15 is 0 Å². The predicted molar refractivity (Wildman–Crippen MR) is 131 cm³/mol. The van der Waals surface area contributed by atoms with Crippen LogP contribution in [0, 0.1) is 5.92 Å². The molecule has 5 nitrogen and oxygen atoms in total. The van der Waals surface area contributed by atoms with E-state index in [0.717, 1.165) is 21.3 Å². The molecule has 0 spiro atoms. The second-order valence-electron chi connectivity index (χ2n) is 7.65. The normalized spacial score (nSPS) is 15.2. The van der Waals surface area contributed by atoms with Crippen LogP contribution < -0.4 is 5.32 Å². The summed E-state index contributed by atoms with van der Waals surface area (Å²) in [6, 6.07) is 17.8. The number of amidine groups is 1. The van der Waals surface area contributed by atoms with Crippen LogP contribution in [0.4, 0.5) is 5.69 Å². The Bertz CT molecular complexity index is 1170. The van der Waals surface area contributed by atoms with Crippen LogP contribution in [0.1, 0.15) is 18.7 Å². The van der Waals surface area contributed by atoms with Gasteiger partial charge in [0.2, 0.25) is 5.91 Å². The molecule has 2 amide bonds. The van der Waals surface area contributed by atoms with Gasteiger partial charge >= 0.3 is 0 Å². The summed E-state index contributed by atoms with van der Waals surface area (Å²) in [6.07, 6.45) is 1.81. The molecule has 0 bridgehead atoms. The first-order valence-electron chi connectivity index (χ1n) is 10.1. The number of amides is 2. The zero-order valence-corrected chi connectivity index (χ0v) is 19.0. The van der Waals surface area contributed by atoms with E-state index in [1.54, 1.807) is 16.2 Å². The van der Waals surface area contributed by atoms with Crippen molar-refractivity contribution in [3.8, 4) is 0 Å². The molecular formula is C24H23N3O2S2. The maximum atomic E-state index is 12.9. The average molecular weight is 450 g/mol. The first-order valence-corrected chi connectivity index (χ1v) is 11.9. The molecule has 0 unspecified atom stereocenters. The topological polar surface area (TPSA) is 61.8 Å². The van der Waals surface area contributed by atoms with Crippen LogP contribution in [-0.2, 0) is 9.59 Å². The van der Waals surface area contributed by atoms with Crippen LogP contribution in [0.3, 0.4) is 0 Å².